The van der Waals surface area contributed by atoms with E-state index in [1.165, 1.54) is 63.0 Å². The minimum Gasteiger partial charge on any atom is -0.314 e. The minimum atomic E-state index is 0.819. The Morgan fingerprint density at radius 2 is 2.00 bits per heavy atom. The van der Waals surface area contributed by atoms with Crippen molar-refractivity contribution < 1.29 is 0 Å². The topological polar surface area (TPSA) is 12.0 Å². The van der Waals surface area contributed by atoms with Crippen molar-refractivity contribution in [3.05, 3.63) is 0 Å². The van der Waals surface area contributed by atoms with Crippen molar-refractivity contribution in [2.75, 3.05) is 18.1 Å². The van der Waals surface area contributed by atoms with Crippen molar-refractivity contribution in [3.8, 4) is 0 Å². The fraction of sp³-hybridized carbons (Fsp3) is 1.00. The van der Waals surface area contributed by atoms with Gasteiger partial charge in [0.15, 0.2) is 0 Å². The molecule has 0 spiro atoms. The zero-order chi connectivity index (χ0) is 11.6. The van der Waals surface area contributed by atoms with Crippen LogP contribution in [-0.2, 0) is 0 Å². The summed E-state index contributed by atoms with van der Waals surface area (Å²) in [6.45, 7) is 5.74. The summed E-state index contributed by atoms with van der Waals surface area (Å²) >= 11 is 2.11. The molecule has 2 heteroatoms. The van der Waals surface area contributed by atoms with Gasteiger partial charge in [0.05, 0.1) is 0 Å². The number of thioether (sulfide) groups is 1. The molecular weight excluding hydrogens is 214 g/mol. The molecule has 1 saturated carbocycles. The molecule has 1 fully saturated rings. The molecule has 0 aromatic heterocycles. The van der Waals surface area contributed by atoms with E-state index < -0.39 is 0 Å². The van der Waals surface area contributed by atoms with E-state index in [0.717, 1.165) is 12.0 Å². The van der Waals surface area contributed by atoms with Gasteiger partial charge in [0.2, 0.25) is 0 Å². The molecule has 0 aromatic rings. The molecule has 0 bridgehead atoms. The molecule has 2 unspecified atom stereocenters. The molecule has 1 aliphatic rings. The number of hydrogen-bond acceptors (Lipinski definition) is 2. The fourth-order valence-corrected chi connectivity index (χ4v) is 3.44. The highest BCUT2D eigenvalue weighted by Crippen LogP contribution is 2.27. The first kappa shape index (κ1) is 14.4. The monoisotopic (exact) mass is 243 g/mol. The van der Waals surface area contributed by atoms with Gasteiger partial charge in [-0.25, -0.2) is 0 Å². The third kappa shape index (κ3) is 6.15. The summed E-state index contributed by atoms with van der Waals surface area (Å²) in [5, 5.41) is 3.72. The predicted octanol–water partition coefficient (Wildman–Crippen LogP) is 4.08. The molecule has 1 N–H and O–H groups in total. The van der Waals surface area contributed by atoms with Gasteiger partial charge in [-0.1, -0.05) is 33.1 Å². The van der Waals surface area contributed by atoms with Crippen molar-refractivity contribution in [1.29, 1.82) is 0 Å². The van der Waals surface area contributed by atoms with Gasteiger partial charge in [0.25, 0.3) is 0 Å². The lowest BCUT2D eigenvalue weighted by atomic mass is 9.95. The second-order valence-electron chi connectivity index (χ2n) is 5.02. The Hall–Kier alpha value is 0.310. The van der Waals surface area contributed by atoms with Crippen LogP contribution in [-0.4, -0.2) is 24.1 Å². The zero-order valence-electron chi connectivity index (χ0n) is 11.1. The van der Waals surface area contributed by atoms with Crippen LogP contribution in [0.2, 0.25) is 0 Å². The van der Waals surface area contributed by atoms with E-state index in [9.17, 15) is 0 Å². The first-order chi connectivity index (χ1) is 7.86. The van der Waals surface area contributed by atoms with Crippen LogP contribution in [0.5, 0.6) is 0 Å². The SMILES string of the molecule is CCCNC1CCCCC(CCSCC)C1. The lowest BCUT2D eigenvalue weighted by Crippen LogP contribution is -2.30. The van der Waals surface area contributed by atoms with E-state index in [0.29, 0.717) is 0 Å². The molecule has 0 aromatic carbocycles. The van der Waals surface area contributed by atoms with Gasteiger partial charge < -0.3 is 5.32 Å². The number of nitrogens with one attached hydrogen (secondary N) is 1. The average Bonchev–Trinajstić information content (AvgIpc) is 2.52. The van der Waals surface area contributed by atoms with Crippen LogP contribution < -0.4 is 5.32 Å². The largest absolute Gasteiger partial charge is 0.314 e. The van der Waals surface area contributed by atoms with Crippen molar-refractivity contribution in [3.63, 3.8) is 0 Å². The van der Waals surface area contributed by atoms with Crippen molar-refractivity contribution in [2.24, 2.45) is 5.92 Å². The molecule has 96 valence electrons. The number of hydrogen-bond donors (Lipinski definition) is 1. The summed E-state index contributed by atoms with van der Waals surface area (Å²) in [6, 6.07) is 0.819. The highest BCUT2D eigenvalue weighted by atomic mass is 32.2. The normalized spacial score (nSPS) is 26.6. The highest BCUT2D eigenvalue weighted by molar-refractivity contribution is 7.99. The Morgan fingerprint density at radius 3 is 2.75 bits per heavy atom. The Kier molecular flexibility index (Phi) is 8.40. The van der Waals surface area contributed by atoms with Crippen LogP contribution in [0.25, 0.3) is 0 Å². The summed E-state index contributed by atoms with van der Waals surface area (Å²) in [4.78, 5) is 0. The molecule has 1 nitrogen and oxygen atoms in total. The van der Waals surface area contributed by atoms with Crippen molar-refractivity contribution in [2.45, 2.75) is 64.8 Å². The highest BCUT2D eigenvalue weighted by Gasteiger charge is 2.19. The van der Waals surface area contributed by atoms with Crippen LogP contribution in [0.4, 0.5) is 0 Å². The Bertz CT molecular complexity index is 161. The van der Waals surface area contributed by atoms with Crippen LogP contribution >= 0.6 is 11.8 Å². The average molecular weight is 243 g/mol. The maximum Gasteiger partial charge on any atom is 0.00697 e. The fourth-order valence-electron chi connectivity index (χ4n) is 2.65. The molecular formula is C14H29NS. The van der Waals surface area contributed by atoms with Gasteiger partial charge in [-0.05, 0) is 49.7 Å². The Labute approximate surface area is 106 Å². The Balaban J connectivity index is 2.22. The summed E-state index contributed by atoms with van der Waals surface area (Å²) < 4.78 is 0. The van der Waals surface area contributed by atoms with E-state index >= 15 is 0 Å². The lowest BCUT2D eigenvalue weighted by Gasteiger charge is -2.20. The third-order valence-electron chi connectivity index (χ3n) is 3.59. The molecule has 0 radical (unpaired) electrons. The van der Waals surface area contributed by atoms with Gasteiger partial charge in [-0.2, -0.15) is 11.8 Å². The molecule has 1 aliphatic carbocycles. The Morgan fingerprint density at radius 1 is 1.19 bits per heavy atom. The molecule has 16 heavy (non-hydrogen) atoms. The smallest absolute Gasteiger partial charge is 0.00697 e. The maximum atomic E-state index is 3.72. The van der Waals surface area contributed by atoms with E-state index in [4.69, 9.17) is 0 Å². The first-order valence-corrected chi connectivity index (χ1v) is 8.33. The van der Waals surface area contributed by atoms with Crippen LogP contribution in [0.3, 0.4) is 0 Å². The van der Waals surface area contributed by atoms with Crippen LogP contribution in [0.1, 0.15) is 58.8 Å². The van der Waals surface area contributed by atoms with Gasteiger partial charge in [0.1, 0.15) is 0 Å². The van der Waals surface area contributed by atoms with Gasteiger partial charge in [-0.15, -0.1) is 0 Å². The number of rotatable bonds is 7. The quantitative estimate of drug-likeness (QED) is 0.534. The predicted molar refractivity (Wildman–Crippen MR) is 76.3 cm³/mol. The van der Waals surface area contributed by atoms with Gasteiger partial charge >= 0.3 is 0 Å². The lowest BCUT2D eigenvalue weighted by molar-refractivity contribution is 0.380. The third-order valence-corrected chi connectivity index (χ3v) is 4.52. The van der Waals surface area contributed by atoms with Crippen LogP contribution in [0.15, 0.2) is 0 Å². The van der Waals surface area contributed by atoms with Crippen molar-refractivity contribution >= 4 is 11.8 Å². The second kappa shape index (κ2) is 9.35. The maximum absolute atomic E-state index is 3.72. The minimum absolute atomic E-state index is 0.819. The van der Waals surface area contributed by atoms with E-state index in [1.54, 1.807) is 0 Å². The molecule has 0 amide bonds. The van der Waals surface area contributed by atoms with Crippen molar-refractivity contribution in [1.82, 2.24) is 5.32 Å². The zero-order valence-corrected chi connectivity index (χ0v) is 12.0. The molecule has 1 rings (SSSR count). The summed E-state index contributed by atoms with van der Waals surface area (Å²) in [6.07, 6.45) is 9.95. The van der Waals surface area contributed by atoms with Crippen LogP contribution in [0, 0.1) is 5.92 Å². The van der Waals surface area contributed by atoms with E-state index in [1.807, 2.05) is 0 Å². The van der Waals surface area contributed by atoms with Gasteiger partial charge in [0, 0.05) is 6.04 Å². The molecule has 0 aliphatic heterocycles. The summed E-state index contributed by atoms with van der Waals surface area (Å²) in [5.41, 5.74) is 0. The summed E-state index contributed by atoms with van der Waals surface area (Å²) in [5.74, 6) is 3.65. The van der Waals surface area contributed by atoms with E-state index in [-0.39, 0.29) is 0 Å². The molecule has 2 atom stereocenters. The summed E-state index contributed by atoms with van der Waals surface area (Å²) in [7, 11) is 0. The molecule has 0 heterocycles. The second-order valence-corrected chi connectivity index (χ2v) is 6.42. The van der Waals surface area contributed by atoms with E-state index in [2.05, 4.69) is 30.9 Å². The van der Waals surface area contributed by atoms with Gasteiger partial charge in [-0.3, -0.25) is 0 Å². The standard InChI is InChI=1S/C14H29NS/c1-3-10-15-14-8-6-5-7-13(12-14)9-11-16-4-2/h13-15H,3-12H2,1-2H3. The molecule has 0 saturated heterocycles. The first-order valence-electron chi connectivity index (χ1n) is 7.18.